The summed E-state index contributed by atoms with van der Waals surface area (Å²) in [6.45, 7) is 3.27. The van der Waals surface area contributed by atoms with E-state index in [0.29, 0.717) is 21.5 Å². The lowest BCUT2D eigenvalue weighted by atomic mass is 10.2. The van der Waals surface area contributed by atoms with Crippen molar-refractivity contribution in [3.63, 3.8) is 0 Å². The summed E-state index contributed by atoms with van der Waals surface area (Å²) in [4.78, 5) is 4.77. The number of hydrogen-bond acceptors (Lipinski definition) is 8. The Hall–Kier alpha value is -2.46. The second-order valence-corrected chi connectivity index (χ2v) is 9.65. The van der Waals surface area contributed by atoms with Gasteiger partial charge in [0.25, 0.3) is 0 Å². The fourth-order valence-corrected chi connectivity index (χ4v) is 5.42. The van der Waals surface area contributed by atoms with Gasteiger partial charge in [0.15, 0.2) is 22.5 Å². The summed E-state index contributed by atoms with van der Waals surface area (Å²) >= 11 is 15.4. The third-order valence-electron chi connectivity index (χ3n) is 4.88. The zero-order valence-electron chi connectivity index (χ0n) is 17.5. The molecule has 0 radical (unpaired) electrons. The Morgan fingerprint density at radius 2 is 2.00 bits per heavy atom. The molecule has 0 bridgehead atoms. The summed E-state index contributed by atoms with van der Waals surface area (Å²) in [6.07, 6.45) is 0. The topological polar surface area (TPSA) is 71.3 Å². The molecule has 5 rings (SSSR count). The Morgan fingerprint density at radius 3 is 2.88 bits per heavy atom. The van der Waals surface area contributed by atoms with Gasteiger partial charge in [-0.25, -0.2) is 4.98 Å². The quantitative estimate of drug-likeness (QED) is 0.251. The van der Waals surface area contributed by atoms with Crippen LogP contribution in [-0.4, -0.2) is 26.5 Å². The van der Waals surface area contributed by atoms with Gasteiger partial charge in [-0.3, -0.25) is 0 Å². The van der Waals surface area contributed by atoms with E-state index in [1.165, 1.54) is 0 Å². The number of thioether (sulfide) groups is 1. The van der Waals surface area contributed by atoms with Crippen LogP contribution in [0.15, 0.2) is 46.9 Å². The Bertz CT molecular complexity index is 1290. The van der Waals surface area contributed by atoms with Crippen LogP contribution in [0.5, 0.6) is 17.2 Å². The second kappa shape index (κ2) is 9.80. The molecule has 0 amide bonds. The molecule has 0 saturated carbocycles. The highest BCUT2D eigenvalue weighted by Gasteiger charge is 2.17. The first-order chi connectivity index (χ1) is 16.1. The number of nitrogens with zero attached hydrogens (tertiary/aromatic N) is 4. The number of hydrogen-bond donors (Lipinski definition) is 0. The minimum Gasteiger partial charge on any atom is -0.484 e. The van der Waals surface area contributed by atoms with Gasteiger partial charge < -0.3 is 18.8 Å². The Morgan fingerprint density at radius 1 is 1.12 bits per heavy atom. The zero-order valence-corrected chi connectivity index (χ0v) is 20.6. The molecule has 0 saturated heterocycles. The summed E-state index contributed by atoms with van der Waals surface area (Å²) in [6, 6.07) is 11.0. The smallest absolute Gasteiger partial charge is 0.231 e. The number of thiazole rings is 1. The first-order valence-corrected chi connectivity index (χ1v) is 12.7. The van der Waals surface area contributed by atoms with E-state index >= 15 is 0 Å². The van der Waals surface area contributed by atoms with Gasteiger partial charge in [-0.15, -0.1) is 21.5 Å². The van der Waals surface area contributed by atoms with E-state index in [4.69, 9.17) is 42.4 Å². The summed E-state index contributed by atoms with van der Waals surface area (Å²) in [5, 5.41) is 13.5. The van der Waals surface area contributed by atoms with Crippen molar-refractivity contribution in [2.75, 3.05) is 6.79 Å². The Labute approximate surface area is 208 Å². The molecule has 3 heterocycles. The molecule has 0 fully saturated rings. The van der Waals surface area contributed by atoms with E-state index in [1.807, 2.05) is 29.7 Å². The molecule has 11 heteroatoms. The van der Waals surface area contributed by atoms with Crippen molar-refractivity contribution in [1.29, 1.82) is 0 Å². The molecule has 0 atom stereocenters. The van der Waals surface area contributed by atoms with Crippen molar-refractivity contribution in [2.24, 2.45) is 0 Å². The molecular formula is C22H18Cl2N4O3S2. The number of benzene rings is 2. The summed E-state index contributed by atoms with van der Waals surface area (Å²) in [7, 11) is 0. The van der Waals surface area contributed by atoms with Gasteiger partial charge in [0.05, 0.1) is 10.7 Å². The van der Waals surface area contributed by atoms with Crippen molar-refractivity contribution in [3.8, 4) is 27.8 Å². The molecule has 1 aliphatic rings. The normalized spacial score (nSPS) is 12.3. The second-order valence-electron chi connectivity index (χ2n) is 7.01. The molecule has 0 spiro atoms. The summed E-state index contributed by atoms with van der Waals surface area (Å²) < 4.78 is 18.7. The maximum Gasteiger partial charge on any atom is 0.231 e. The largest absolute Gasteiger partial charge is 0.484 e. The van der Waals surface area contributed by atoms with E-state index < -0.39 is 0 Å². The highest BCUT2D eigenvalue weighted by Crippen LogP contribution is 2.37. The highest BCUT2D eigenvalue weighted by atomic mass is 35.5. The fourth-order valence-electron chi connectivity index (χ4n) is 3.25. The van der Waals surface area contributed by atoms with Gasteiger partial charge in [-0.2, -0.15) is 0 Å². The van der Waals surface area contributed by atoms with Crippen LogP contribution in [-0.2, 0) is 18.9 Å². The van der Waals surface area contributed by atoms with E-state index in [1.54, 1.807) is 41.3 Å². The number of rotatable bonds is 8. The lowest BCUT2D eigenvalue weighted by Crippen LogP contribution is -2.07. The van der Waals surface area contributed by atoms with Gasteiger partial charge in [0.1, 0.15) is 17.4 Å². The maximum absolute atomic E-state index is 6.18. The molecule has 4 aromatic rings. The van der Waals surface area contributed by atoms with Gasteiger partial charge in [-0.05, 0) is 37.3 Å². The van der Waals surface area contributed by atoms with Crippen LogP contribution in [0.2, 0.25) is 10.0 Å². The number of halogens is 2. The zero-order chi connectivity index (χ0) is 22.8. The van der Waals surface area contributed by atoms with Crippen molar-refractivity contribution >= 4 is 46.3 Å². The van der Waals surface area contributed by atoms with Crippen LogP contribution >= 0.6 is 46.3 Å². The number of aromatic nitrogens is 4. The van der Waals surface area contributed by atoms with Gasteiger partial charge in [-0.1, -0.05) is 35.0 Å². The third-order valence-corrected chi connectivity index (χ3v) is 7.37. The third kappa shape index (κ3) is 4.91. The van der Waals surface area contributed by atoms with Crippen LogP contribution in [0.3, 0.4) is 0 Å². The van der Waals surface area contributed by atoms with Gasteiger partial charge >= 0.3 is 0 Å². The van der Waals surface area contributed by atoms with Crippen molar-refractivity contribution in [2.45, 2.75) is 31.0 Å². The predicted molar refractivity (Wildman–Crippen MR) is 130 cm³/mol. The van der Waals surface area contributed by atoms with Crippen LogP contribution in [0.4, 0.5) is 0 Å². The molecule has 0 N–H and O–H groups in total. The van der Waals surface area contributed by atoms with Gasteiger partial charge in [0.2, 0.25) is 6.79 Å². The van der Waals surface area contributed by atoms with E-state index in [2.05, 4.69) is 15.6 Å². The average Bonchev–Trinajstić information content (AvgIpc) is 3.56. The van der Waals surface area contributed by atoms with Crippen LogP contribution < -0.4 is 14.2 Å². The minimum atomic E-state index is 0.242. The molecule has 2 aromatic heterocycles. The first kappa shape index (κ1) is 22.3. The molecule has 0 unspecified atom stereocenters. The number of fused-ring (bicyclic) bond motifs is 1. The minimum absolute atomic E-state index is 0.242. The molecule has 0 aliphatic carbocycles. The number of ether oxygens (including phenoxy) is 3. The van der Waals surface area contributed by atoms with Crippen LogP contribution in [0.1, 0.15) is 18.4 Å². The summed E-state index contributed by atoms with van der Waals surface area (Å²) in [5.74, 6) is 3.43. The molecule has 33 heavy (non-hydrogen) atoms. The SMILES string of the molecule is CCn1c(COc2cc(Cl)ccc2Cl)nnc1SCc1csc(-c2ccc3c(c2)OCO3)n1. The first-order valence-electron chi connectivity index (χ1n) is 10.1. The van der Waals surface area contributed by atoms with Gasteiger partial charge in [0, 0.05) is 34.3 Å². The Balaban J connectivity index is 1.24. The van der Waals surface area contributed by atoms with E-state index in [9.17, 15) is 0 Å². The molecule has 2 aromatic carbocycles. The molecule has 7 nitrogen and oxygen atoms in total. The van der Waals surface area contributed by atoms with E-state index in [-0.39, 0.29) is 13.4 Å². The van der Waals surface area contributed by atoms with E-state index in [0.717, 1.165) is 45.3 Å². The Kier molecular flexibility index (Phi) is 6.64. The molecule has 170 valence electrons. The van der Waals surface area contributed by atoms with Crippen LogP contribution in [0.25, 0.3) is 10.6 Å². The van der Waals surface area contributed by atoms with Crippen LogP contribution in [0, 0.1) is 0 Å². The summed E-state index contributed by atoms with van der Waals surface area (Å²) in [5.41, 5.74) is 1.99. The fraction of sp³-hybridized carbons (Fsp3) is 0.227. The molecular weight excluding hydrogens is 503 g/mol. The predicted octanol–water partition coefficient (Wildman–Crippen LogP) is 6.33. The maximum atomic E-state index is 6.18. The monoisotopic (exact) mass is 520 g/mol. The van der Waals surface area contributed by atoms with Crippen molar-refractivity contribution in [1.82, 2.24) is 19.7 Å². The van der Waals surface area contributed by atoms with Crippen molar-refractivity contribution < 1.29 is 14.2 Å². The standard InChI is InChI=1S/C22H18Cl2N4O3S2/c1-2-28-20(9-29-18-8-14(23)4-5-16(18)24)26-27-22(28)33-11-15-10-32-21(25-15)13-3-6-17-19(7-13)31-12-30-17/h3-8,10H,2,9,11-12H2,1H3. The highest BCUT2D eigenvalue weighted by molar-refractivity contribution is 7.98. The lowest BCUT2D eigenvalue weighted by molar-refractivity contribution is 0.174. The lowest BCUT2D eigenvalue weighted by Gasteiger charge is -2.10. The molecule has 1 aliphatic heterocycles. The average molecular weight is 521 g/mol. The van der Waals surface area contributed by atoms with Crippen molar-refractivity contribution in [3.05, 3.63) is 63.3 Å².